The molecular weight excluding hydrogens is 202 g/mol. The van der Waals surface area contributed by atoms with E-state index < -0.39 is 0 Å². The molecule has 16 heavy (non-hydrogen) atoms. The maximum atomic E-state index is 11.8. The van der Waals surface area contributed by atoms with Crippen molar-refractivity contribution in [1.29, 1.82) is 0 Å². The number of likely N-dealkylation sites (N-methyl/N-ethyl adjacent to an activating group) is 1. The van der Waals surface area contributed by atoms with Crippen LogP contribution in [0.25, 0.3) is 0 Å². The summed E-state index contributed by atoms with van der Waals surface area (Å²) in [6, 6.07) is 0. The van der Waals surface area contributed by atoms with Crippen molar-refractivity contribution >= 4 is 5.91 Å². The second kappa shape index (κ2) is 7.63. The number of hydrogen-bond acceptors (Lipinski definition) is 3. The van der Waals surface area contributed by atoms with E-state index in [0.717, 1.165) is 52.1 Å². The first-order valence-electron chi connectivity index (χ1n) is 6.48. The summed E-state index contributed by atoms with van der Waals surface area (Å²) in [4.78, 5) is 14.1. The van der Waals surface area contributed by atoms with Gasteiger partial charge in [-0.1, -0.05) is 13.8 Å². The van der Waals surface area contributed by atoms with Crippen LogP contribution in [0.1, 0.15) is 26.7 Å². The van der Waals surface area contributed by atoms with Crippen molar-refractivity contribution in [2.45, 2.75) is 26.7 Å². The summed E-state index contributed by atoms with van der Waals surface area (Å²) in [5, 5.41) is 6.30. The van der Waals surface area contributed by atoms with Gasteiger partial charge in [0.2, 0.25) is 5.91 Å². The highest BCUT2D eigenvalue weighted by Gasteiger charge is 2.20. The lowest BCUT2D eigenvalue weighted by atomic mass is 9.99. The van der Waals surface area contributed by atoms with Gasteiger partial charge in [-0.2, -0.15) is 0 Å². The molecule has 1 heterocycles. The molecule has 1 aliphatic rings. The molecule has 2 N–H and O–H groups in total. The van der Waals surface area contributed by atoms with Crippen LogP contribution in [0.2, 0.25) is 0 Å². The largest absolute Gasteiger partial charge is 0.355 e. The number of hydrogen-bond donors (Lipinski definition) is 2. The summed E-state index contributed by atoms with van der Waals surface area (Å²) in [5.41, 5.74) is 0. The summed E-state index contributed by atoms with van der Waals surface area (Å²) in [5.74, 6) is 0.407. The molecule has 0 bridgehead atoms. The van der Waals surface area contributed by atoms with Crippen molar-refractivity contribution in [3.8, 4) is 0 Å². The SMILES string of the molecule is CCN(CC)CCNC(=O)C1CCCNC1. The first-order chi connectivity index (χ1) is 7.77. The smallest absolute Gasteiger partial charge is 0.224 e. The minimum absolute atomic E-state index is 0.186. The molecule has 1 fully saturated rings. The predicted molar refractivity (Wildman–Crippen MR) is 66.4 cm³/mol. The highest BCUT2D eigenvalue weighted by Crippen LogP contribution is 2.09. The first kappa shape index (κ1) is 13.5. The zero-order chi connectivity index (χ0) is 11.8. The van der Waals surface area contributed by atoms with Gasteiger partial charge in [0, 0.05) is 19.6 Å². The van der Waals surface area contributed by atoms with Gasteiger partial charge in [0.15, 0.2) is 0 Å². The molecule has 4 heteroatoms. The molecule has 0 aromatic rings. The fourth-order valence-electron chi connectivity index (χ4n) is 2.10. The highest BCUT2D eigenvalue weighted by atomic mass is 16.1. The Morgan fingerprint density at radius 1 is 1.44 bits per heavy atom. The van der Waals surface area contributed by atoms with E-state index in [-0.39, 0.29) is 11.8 Å². The lowest BCUT2D eigenvalue weighted by Gasteiger charge is -2.23. The molecule has 1 saturated heterocycles. The lowest BCUT2D eigenvalue weighted by molar-refractivity contribution is -0.125. The fourth-order valence-corrected chi connectivity index (χ4v) is 2.10. The second-order valence-electron chi connectivity index (χ2n) is 4.36. The number of carbonyl (C=O) groups is 1. The van der Waals surface area contributed by atoms with Gasteiger partial charge in [-0.25, -0.2) is 0 Å². The number of nitrogens with zero attached hydrogens (tertiary/aromatic N) is 1. The second-order valence-corrected chi connectivity index (χ2v) is 4.36. The van der Waals surface area contributed by atoms with Crippen LogP contribution in [0.5, 0.6) is 0 Å². The molecule has 1 unspecified atom stereocenters. The molecule has 0 aliphatic carbocycles. The van der Waals surface area contributed by atoms with Crippen molar-refractivity contribution in [3.63, 3.8) is 0 Å². The van der Waals surface area contributed by atoms with Gasteiger partial charge in [-0.05, 0) is 32.5 Å². The van der Waals surface area contributed by atoms with Gasteiger partial charge >= 0.3 is 0 Å². The van der Waals surface area contributed by atoms with Crippen LogP contribution in [0.3, 0.4) is 0 Å². The van der Waals surface area contributed by atoms with E-state index in [9.17, 15) is 4.79 Å². The molecule has 0 aromatic heterocycles. The first-order valence-corrected chi connectivity index (χ1v) is 6.48. The summed E-state index contributed by atoms with van der Waals surface area (Å²) >= 11 is 0. The molecule has 0 radical (unpaired) electrons. The molecule has 4 nitrogen and oxygen atoms in total. The minimum atomic E-state index is 0.186. The standard InChI is InChI=1S/C12H25N3O/c1-3-15(4-2)9-8-14-12(16)11-6-5-7-13-10-11/h11,13H,3-10H2,1-2H3,(H,14,16). The number of nitrogens with one attached hydrogen (secondary N) is 2. The summed E-state index contributed by atoms with van der Waals surface area (Å²) in [7, 11) is 0. The lowest BCUT2D eigenvalue weighted by Crippen LogP contribution is -2.43. The van der Waals surface area contributed by atoms with Gasteiger partial charge in [0.05, 0.1) is 5.92 Å². The normalized spacial score (nSPS) is 21.1. The topological polar surface area (TPSA) is 44.4 Å². The van der Waals surface area contributed by atoms with Crippen molar-refractivity contribution in [2.75, 3.05) is 39.3 Å². The maximum Gasteiger partial charge on any atom is 0.224 e. The van der Waals surface area contributed by atoms with E-state index in [1.54, 1.807) is 0 Å². The van der Waals surface area contributed by atoms with Crippen LogP contribution in [-0.2, 0) is 4.79 Å². The van der Waals surface area contributed by atoms with Crippen LogP contribution in [-0.4, -0.2) is 50.1 Å². The minimum Gasteiger partial charge on any atom is -0.355 e. The van der Waals surface area contributed by atoms with Gasteiger partial charge in [0.1, 0.15) is 0 Å². The summed E-state index contributed by atoms with van der Waals surface area (Å²) < 4.78 is 0. The van der Waals surface area contributed by atoms with Crippen LogP contribution >= 0.6 is 0 Å². The van der Waals surface area contributed by atoms with Crippen LogP contribution in [0, 0.1) is 5.92 Å². The van der Waals surface area contributed by atoms with Crippen molar-refractivity contribution in [2.24, 2.45) is 5.92 Å². The molecule has 0 saturated carbocycles. The van der Waals surface area contributed by atoms with Gasteiger partial charge in [-0.15, -0.1) is 0 Å². The Kier molecular flexibility index (Phi) is 6.42. The summed E-state index contributed by atoms with van der Waals surface area (Å²) in [6.07, 6.45) is 2.15. The monoisotopic (exact) mass is 227 g/mol. The van der Waals surface area contributed by atoms with Crippen LogP contribution in [0.15, 0.2) is 0 Å². The third-order valence-electron chi connectivity index (χ3n) is 3.29. The number of piperidine rings is 1. The molecule has 1 aliphatic heterocycles. The zero-order valence-corrected chi connectivity index (χ0v) is 10.6. The summed E-state index contributed by atoms with van der Waals surface area (Å²) in [6.45, 7) is 10.0. The van der Waals surface area contributed by atoms with E-state index in [1.807, 2.05) is 0 Å². The third kappa shape index (κ3) is 4.49. The third-order valence-corrected chi connectivity index (χ3v) is 3.29. The molecule has 0 aromatic carbocycles. The Morgan fingerprint density at radius 2 is 2.19 bits per heavy atom. The van der Waals surface area contributed by atoms with E-state index >= 15 is 0 Å². The Balaban J connectivity index is 2.13. The number of amides is 1. The Labute approximate surface area is 98.8 Å². The Bertz CT molecular complexity index is 198. The van der Waals surface area contributed by atoms with Crippen molar-refractivity contribution in [3.05, 3.63) is 0 Å². The van der Waals surface area contributed by atoms with E-state index in [0.29, 0.717) is 0 Å². The van der Waals surface area contributed by atoms with E-state index in [2.05, 4.69) is 29.4 Å². The predicted octanol–water partition coefficient (Wildman–Crippen LogP) is 0.444. The van der Waals surface area contributed by atoms with Crippen molar-refractivity contribution < 1.29 is 4.79 Å². The quantitative estimate of drug-likeness (QED) is 0.692. The van der Waals surface area contributed by atoms with E-state index in [4.69, 9.17) is 0 Å². The van der Waals surface area contributed by atoms with Gasteiger partial charge in [0.25, 0.3) is 0 Å². The molecule has 0 spiro atoms. The molecular formula is C12H25N3O. The average molecular weight is 227 g/mol. The van der Waals surface area contributed by atoms with Crippen LogP contribution in [0.4, 0.5) is 0 Å². The molecule has 94 valence electrons. The molecule has 1 atom stereocenters. The zero-order valence-electron chi connectivity index (χ0n) is 10.6. The van der Waals surface area contributed by atoms with E-state index in [1.165, 1.54) is 0 Å². The Morgan fingerprint density at radius 3 is 2.75 bits per heavy atom. The maximum absolute atomic E-state index is 11.8. The molecule has 1 rings (SSSR count). The molecule has 1 amide bonds. The fraction of sp³-hybridized carbons (Fsp3) is 0.917. The van der Waals surface area contributed by atoms with Crippen molar-refractivity contribution in [1.82, 2.24) is 15.5 Å². The number of rotatable bonds is 6. The highest BCUT2D eigenvalue weighted by molar-refractivity contribution is 5.78. The van der Waals surface area contributed by atoms with Gasteiger partial charge in [-0.3, -0.25) is 4.79 Å². The van der Waals surface area contributed by atoms with Crippen LogP contribution < -0.4 is 10.6 Å². The van der Waals surface area contributed by atoms with Gasteiger partial charge < -0.3 is 15.5 Å². The average Bonchev–Trinajstić information content (AvgIpc) is 2.35. The number of carbonyl (C=O) groups excluding carboxylic acids is 1. The Hall–Kier alpha value is -0.610.